The molecule has 382 valence electrons. The van der Waals surface area contributed by atoms with Crippen molar-refractivity contribution in [3.63, 3.8) is 0 Å². The zero-order chi connectivity index (χ0) is 55.0. The Balaban J connectivity index is 1.09. The molecule has 0 saturated heterocycles. The van der Waals surface area contributed by atoms with E-state index in [2.05, 4.69) is 210 Å². The second-order valence-electron chi connectivity index (χ2n) is 20.7. The summed E-state index contributed by atoms with van der Waals surface area (Å²) in [5.41, 5.74) is 20.5. The SMILES string of the molecule is [C-]#[N+]c1cc(C(F)(F)F)ccc1-c1ccc(-n2c3ccc(-c4ccccc4C)cc3c3cc(-c4ccccc4C)ccc32)c(-c2cc(-n3c4ccc(-c5ccccc5C)cc4c4cc(-c5ccccc5C)ccc43)ccc2[N+]#[C-])c1. The summed E-state index contributed by atoms with van der Waals surface area (Å²) < 4.78 is 47.1. The molecule has 11 aromatic carbocycles. The molecule has 0 spiro atoms. The summed E-state index contributed by atoms with van der Waals surface area (Å²) in [5, 5.41) is 4.21. The van der Waals surface area contributed by atoms with Crippen LogP contribution in [0.4, 0.5) is 24.5 Å². The molecule has 0 aliphatic rings. The Hall–Kier alpha value is -10.2. The predicted molar refractivity (Wildman–Crippen MR) is 324 cm³/mol. The third-order valence-electron chi connectivity index (χ3n) is 16.0. The van der Waals surface area contributed by atoms with E-state index in [0.717, 1.165) is 123 Å². The van der Waals surface area contributed by atoms with Gasteiger partial charge in [0.25, 0.3) is 0 Å². The lowest BCUT2D eigenvalue weighted by molar-refractivity contribution is -0.137. The number of rotatable bonds is 8. The number of aromatic nitrogens is 2. The molecule has 2 heterocycles. The number of alkyl halides is 3. The van der Waals surface area contributed by atoms with Crippen molar-refractivity contribution in [2.75, 3.05) is 0 Å². The lowest BCUT2D eigenvalue weighted by atomic mass is 9.94. The van der Waals surface area contributed by atoms with Crippen LogP contribution in [0, 0.1) is 40.8 Å². The van der Waals surface area contributed by atoms with E-state index in [1.54, 1.807) is 0 Å². The summed E-state index contributed by atoms with van der Waals surface area (Å²) in [4.78, 5) is 7.84. The Bertz CT molecular complexity index is 4580. The maximum Gasteiger partial charge on any atom is 0.415 e. The van der Waals surface area contributed by atoms with Crippen molar-refractivity contribution in [2.45, 2.75) is 33.9 Å². The number of hydrogen-bond donors (Lipinski definition) is 0. The van der Waals surface area contributed by atoms with Crippen molar-refractivity contribution in [2.24, 2.45) is 0 Å². The second-order valence-corrected chi connectivity index (χ2v) is 20.7. The average Bonchev–Trinajstić information content (AvgIpc) is 3.99. The molecule has 0 atom stereocenters. The lowest BCUT2D eigenvalue weighted by Gasteiger charge is -2.19. The predicted octanol–water partition coefficient (Wildman–Crippen LogP) is 21.2. The average molecular weight is 1040 g/mol. The number of benzene rings is 11. The Morgan fingerprint density at radius 3 is 1.11 bits per heavy atom. The molecule has 0 bridgehead atoms. The van der Waals surface area contributed by atoms with Gasteiger partial charge in [-0.2, -0.15) is 13.2 Å². The molecule has 80 heavy (non-hydrogen) atoms. The Kier molecular flexibility index (Phi) is 11.9. The molecular weight excluding hydrogens is 990 g/mol. The summed E-state index contributed by atoms with van der Waals surface area (Å²) in [6.45, 7) is 25.4. The van der Waals surface area contributed by atoms with Gasteiger partial charge >= 0.3 is 6.18 Å². The normalized spacial score (nSPS) is 11.7. The van der Waals surface area contributed by atoms with Crippen molar-refractivity contribution in [3.8, 4) is 78.1 Å². The quantitative estimate of drug-likeness (QED) is 0.135. The van der Waals surface area contributed by atoms with E-state index < -0.39 is 11.7 Å². The molecule has 0 fully saturated rings. The zero-order valence-corrected chi connectivity index (χ0v) is 44.3. The second kappa shape index (κ2) is 19.4. The van der Waals surface area contributed by atoms with Crippen LogP contribution in [-0.4, -0.2) is 9.13 Å². The van der Waals surface area contributed by atoms with Gasteiger partial charge in [-0.3, -0.25) is 0 Å². The number of fused-ring (bicyclic) bond motifs is 6. The molecule has 7 heteroatoms. The van der Waals surface area contributed by atoms with E-state index in [4.69, 9.17) is 13.1 Å². The molecule has 0 unspecified atom stereocenters. The first-order chi connectivity index (χ1) is 38.9. The Labute approximate surface area is 462 Å². The van der Waals surface area contributed by atoms with Crippen LogP contribution in [0.3, 0.4) is 0 Å². The van der Waals surface area contributed by atoms with Crippen molar-refractivity contribution >= 4 is 55.0 Å². The molecule has 13 aromatic rings. The van der Waals surface area contributed by atoms with E-state index in [9.17, 15) is 13.2 Å². The van der Waals surface area contributed by atoms with Crippen LogP contribution in [0.25, 0.3) is 131 Å². The van der Waals surface area contributed by atoms with Gasteiger partial charge in [0.05, 0.1) is 40.9 Å². The molecule has 0 N–H and O–H groups in total. The monoisotopic (exact) mass is 1040 g/mol. The highest BCUT2D eigenvalue weighted by Gasteiger charge is 2.31. The van der Waals surface area contributed by atoms with Crippen LogP contribution in [0.5, 0.6) is 0 Å². The smallest absolute Gasteiger partial charge is 0.309 e. The third-order valence-corrected chi connectivity index (χ3v) is 16.0. The largest absolute Gasteiger partial charge is 0.415 e. The summed E-state index contributed by atoms with van der Waals surface area (Å²) in [6, 6.07) is 75.1. The molecule has 0 saturated carbocycles. The first kappa shape index (κ1) is 49.4. The molecular formula is C73H49F3N4. The molecule has 4 nitrogen and oxygen atoms in total. The van der Waals surface area contributed by atoms with Crippen LogP contribution in [0.1, 0.15) is 27.8 Å². The molecule has 2 aromatic heterocycles. The topological polar surface area (TPSA) is 18.6 Å². The molecule has 0 aliphatic carbocycles. The van der Waals surface area contributed by atoms with Gasteiger partial charge in [-0.05, 0) is 196 Å². The van der Waals surface area contributed by atoms with Crippen molar-refractivity contribution in [1.82, 2.24) is 9.13 Å². The number of aryl methyl sites for hydroxylation is 4. The van der Waals surface area contributed by atoms with Gasteiger partial charge in [0, 0.05) is 32.8 Å². The number of hydrogen-bond acceptors (Lipinski definition) is 0. The van der Waals surface area contributed by atoms with Crippen molar-refractivity contribution in [1.29, 1.82) is 0 Å². The zero-order valence-electron chi connectivity index (χ0n) is 44.3. The minimum atomic E-state index is -4.64. The Morgan fingerprint density at radius 1 is 0.325 bits per heavy atom. The van der Waals surface area contributed by atoms with E-state index in [-0.39, 0.29) is 5.69 Å². The highest BCUT2D eigenvalue weighted by molar-refractivity contribution is 6.14. The van der Waals surface area contributed by atoms with E-state index in [1.165, 1.54) is 17.2 Å². The third kappa shape index (κ3) is 8.31. The summed E-state index contributed by atoms with van der Waals surface area (Å²) >= 11 is 0. The minimum absolute atomic E-state index is 0.123. The van der Waals surface area contributed by atoms with E-state index >= 15 is 0 Å². The van der Waals surface area contributed by atoms with Crippen LogP contribution >= 0.6 is 0 Å². The van der Waals surface area contributed by atoms with E-state index in [1.807, 2.05) is 42.5 Å². The lowest BCUT2D eigenvalue weighted by Crippen LogP contribution is -2.04. The summed E-state index contributed by atoms with van der Waals surface area (Å²) in [5.74, 6) is 0. The van der Waals surface area contributed by atoms with Crippen molar-refractivity contribution in [3.05, 3.63) is 275 Å². The molecule has 13 rings (SSSR count). The van der Waals surface area contributed by atoms with Crippen LogP contribution < -0.4 is 0 Å². The van der Waals surface area contributed by atoms with Crippen LogP contribution in [0.2, 0.25) is 0 Å². The van der Waals surface area contributed by atoms with Gasteiger partial charge in [0.15, 0.2) is 11.4 Å². The highest BCUT2D eigenvalue weighted by atomic mass is 19.4. The van der Waals surface area contributed by atoms with Gasteiger partial charge in [-0.1, -0.05) is 146 Å². The van der Waals surface area contributed by atoms with Gasteiger partial charge in [0.1, 0.15) is 0 Å². The first-order valence-electron chi connectivity index (χ1n) is 26.5. The fourth-order valence-electron chi connectivity index (χ4n) is 12.0. The van der Waals surface area contributed by atoms with Gasteiger partial charge in [-0.25, -0.2) is 9.69 Å². The van der Waals surface area contributed by atoms with Gasteiger partial charge in [-0.15, -0.1) is 0 Å². The minimum Gasteiger partial charge on any atom is -0.309 e. The number of nitrogens with zero attached hydrogens (tertiary/aromatic N) is 4. The number of halogens is 3. The fraction of sp³-hybridized carbons (Fsp3) is 0.0685. The first-order valence-corrected chi connectivity index (χ1v) is 26.5. The van der Waals surface area contributed by atoms with Crippen LogP contribution in [-0.2, 0) is 6.18 Å². The fourth-order valence-corrected chi connectivity index (χ4v) is 12.0. The maximum absolute atomic E-state index is 14.2. The maximum atomic E-state index is 14.2. The summed E-state index contributed by atoms with van der Waals surface area (Å²) in [6.07, 6.45) is -4.64. The van der Waals surface area contributed by atoms with Gasteiger partial charge < -0.3 is 9.13 Å². The molecule has 0 aliphatic heterocycles. The van der Waals surface area contributed by atoms with Crippen LogP contribution in [0.15, 0.2) is 224 Å². The van der Waals surface area contributed by atoms with E-state index in [0.29, 0.717) is 27.9 Å². The molecule has 0 radical (unpaired) electrons. The van der Waals surface area contributed by atoms with Crippen molar-refractivity contribution < 1.29 is 13.2 Å². The standard InChI is InChI=1S/C73H49F3N4/c1-44-15-7-11-19-55(44)48-23-32-68-62(37-48)63-38-49(56-20-12-8-16-45(56)2)24-33-69(63)79(68)54-29-31-66(77-5)60(43-54)61-41-52(59-30-28-53(73(74,75)76)42-67(59)78-6)27-36-70(61)80-71-34-25-50(57-21-13-9-17-46(57)3)39-64(71)65-40-51(26-35-72(65)80)58-22-14-10-18-47(58)4/h7-43H,1-4H3. The summed E-state index contributed by atoms with van der Waals surface area (Å²) in [7, 11) is 0. The van der Waals surface area contributed by atoms with Gasteiger partial charge in [0.2, 0.25) is 0 Å². The Morgan fingerprint density at radius 2 is 0.713 bits per heavy atom. The molecule has 0 amide bonds. The highest BCUT2D eigenvalue weighted by Crippen LogP contribution is 2.47.